The van der Waals surface area contributed by atoms with Gasteiger partial charge in [0.05, 0.1) is 24.6 Å². The molecule has 0 bridgehead atoms. The molecule has 0 radical (unpaired) electrons. The van der Waals surface area contributed by atoms with E-state index in [9.17, 15) is 4.79 Å². The van der Waals surface area contributed by atoms with Crippen LogP contribution in [0.1, 0.15) is 40.2 Å². The fourth-order valence-corrected chi connectivity index (χ4v) is 2.34. The second kappa shape index (κ2) is 5.95. The molecule has 4 nitrogen and oxygen atoms in total. The van der Waals surface area contributed by atoms with Crippen molar-refractivity contribution in [2.75, 3.05) is 12.4 Å². The standard InChI is InChI=1S/C17H18N2O2/c1-21-17(20)15-8-9-18-11-16(15)19-10-12-2-4-13(5-3-12)14-6-7-14/h2-5,8-9,11,14,19H,6-7,10H2,1H3. The Labute approximate surface area is 124 Å². The Kier molecular flexibility index (Phi) is 3.86. The van der Waals surface area contributed by atoms with Crippen molar-refractivity contribution < 1.29 is 9.53 Å². The van der Waals surface area contributed by atoms with Crippen molar-refractivity contribution in [3.05, 3.63) is 59.4 Å². The average Bonchev–Trinajstić information content (AvgIpc) is 3.38. The third kappa shape index (κ3) is 3.21. The Hall–Kier alpha value is -2.36. The molecule has 2 aromatic rings. The highest BCUT2D eigenvalue weighted by molar-refractivity contribution is 5.95. The lowest BCUT2D eigenvalue weighted by atomic mass is 10.1. The fourth-order valence-electron chi connectivity index (χ4n) is 2.34. The van der Waals surface area contributed by atoms with Crippen LogP contribution in [-0.4, -0.2) is 18.1 Å². The van der Waals surface area contributed by atoms with Crippen LogP contribution in [0, 0.1) is 0 Å². The van der Waals surface area contributed by atoms with Crippen molar-refractivity contribution in [3.8, 4) is 0 Å². The normalized spacial score (nSPS) is 13.8. The number of carbonyl (C=O) groups is 1. The lowest BCUT2D eigenvalue weighted by molar-refractivity contribution is 0.0601. The van der Waals surface area contributed by atoms with Crippen LogP contribution < -0.4 is 5.32 Å². The summed E-state index contributed by atoms with van der Waals surface area (Å²) >= 11 is 0. The number of nitrogens with one attached hydrogen (secondary N) is 1. The van der Waals surface area contributed by atoms with Gasteiger partial charge in [0.2, 0.25) is 0 Å². The quantitative estimate of drug-likeness (QED) is 0.854. The zero-order valence-corrected chi connectivity index (χ0v) is 12.0. The van der Waals surface area contributed by atoms with Gasteiger partial charge in [0.25, 0.3) is 0 Å². The number of nitrogens with zero attached hydrogens (tertiary/aromatic N) is 1. The lowest BCUT2D eigenvalue weighted by Gasteiger charge is -2.10. The molecule has 0 unspecified atom stereocenters. The highest BCUT2D eigenvalue weighted by atomic mass is 16.5. The Morgan fingerprint density at radius 1 is 1.29 bits per heavy atom. The van der Waals surface area contributed by atoms with Crippen LogP contribution in [0.5, 0.6) is 0 Å². The lowest BCUT2D eigenvalue weighted by Crippen LogP contribution is -2.08. The van der Waals surface area contributed by atoms with Gasteiger partial charge < -0.3 is 10.1 Å². The van der Waals surface area contributed by atoms with Crippen LogP contribution in [0.4, 0.5) is 5.69 Å². The van der Waals surface area contributed by atoms with E-state index in [1.807, 2.05) is 0 Å². The number of pyridine rings is 1. The van der Waals surface area contributed by atoms with Gasteiger partial charge in [-0.2, -0.15) is 0 Å². The molecule has 21 heavy (non-hydrogen) atoms. The molecule has 4 heteroatoms. The first-order valence-corrected chi connectivity index (χ1v) is 7.13. The molecule has 0 saturated heterocycles. The minimum absolute atomic E-state index is 0.357. The van der Waals surface area contributed by atoms with E-state index in [0.29, 0.717) is 17.8 Å². The van der Waals surface area contributed by atoms with Crippen LogP contribution in [0.15, 0.2) is 42.7 Å². The highest BCUT2D eigenvalue weighted by Crippen LogP contribution is 2.39. The van der Waals surface area contributed by atoms with E-state index in [4.69, 9.17) is 4.74 Å². The molecule has 1 fully saturated rings. The molecule has 0 atom stereocenters. The molecule has 0 aliphatic heterocycles. The van der Waals surface area contributed by atoms with Crippen LogP contribution in [-0.2, 0) is 11.3 Å². The van der Waals surface area contributed by atoms with Crippen LogP contribution in [0.25, 0.3) is 0 Å². The molecular weight excluding hydrogens is 264 g/mol. The Bertz CT molecular complexity index is 633. The monoisotopic (exact) mass is 282 g/mol. The second-order valence-corrected chi connectivity index (χ2v) is 5.28. The number of methoxy groups -OCH3 is 1. The molecule has 1 aromatic carbocycles. The van der Waals surface area contributed by atoms with Gasteiger partial charge >= 0.3 is 5.97 Å². The Balaban J connectivity index is 1.68. The number of anilines is 1. The van der Waals surface area contributed by atoms with Crippen molar-refractivity contribution in [1.82, 2.24) is 4.98 Å². The molecule has 1 saturated carbocycles. The van der Waals surface area contributed by atoms with Gasteiger partial charge in [-0.15, -0.1) is 0 Å². The number of rotatable bonds is 5. The molecule has 0 spiro atoms. The molecule has 1 aromatic heterocycles. The molecule has 0 amide bonds. The molecule has 1 heterocycles. The summed E-state index contributed by atoms with van der Waals surface area (Å²) in [6, 6.07) is 10.3. The Morgan fingerprint density at radius 2 is 2.05 bits per heavy atom. The fraction of sp³-hybridized carbons (Fsp3) is 0.294. The third-order valence-electron chi connectivity index (χ3n) is 3.74. The maximum absolute atomic E-state index is 11.7. The second-order valence-electron chi connectivity index (χ2n) is 5.28. The van der Waals surface area contributed by atoms with Crippen LogP contribution >= 0.6 is 0 Å². The number of benzene rings is 1. The number of aromatic nitrogens is 1. The summed E-state index contributed by atoms with van der Waals surface area (Å²) < 4.78 is 4.77. The number of hydrogen-bond donors (Lipinski definition) is 1. The van der Waals surface area contributed by atoms with Crippen LogP contribution in [0.3, 0.4) is 0 Å². The smallest absolute Gasteiger partial charge is 0.340 e. The van der Waals surface area contributed by atoms with E-state index in [2.05, 4.69) is 34.6 Å². The zero-order chi connectivity index (χ0) is 14.7. The number of esters is 1. The zero-order valence-electron chi connectivity index (χ0n) is 12.0. The number of carbonyl (C=O) groups excluding carboxylic acids is 1. The van der Waals surface area contributed by atoms with E-state index in [1.54, 1.807) is 18.5 Å². The predicted octanol–water partition coefficient (Wildman–Crippen LogP) is 3.36. The van der Waals surface area contributed by atoms with Gasteiger partial charge in [-0.1, -0.05) is 24.3 Å². The van der Waals surface area contributed by atoms with Gasteiger partial charge in [0, 0.05) is 12.7 Å². The summed E-state index contributed by atoms with van der Waals surface area (Å²) in [6.45, 7) is 0.653. The van der Waals surface area contributed by atoms with Gasteiger partial charge in [-0.25, -0.2) is 4.79 Å². The predicted molar refractivity (Wildman–Crippen MR) is 81.3 cm³/mol. The number of ether oxygens (including phenoxy) is 1. The Morgan fingerprint density at radius 3 is 2.71 bits per heavy atom. The molecule has 1 N–H and O–H groups in total. The largest absolute Gasteiger partial charge is 0.465 e. The van der Waals surface area contributed by atoms with Gasteiger partial charge in [-0.05, 0) is 36.0 Å². The molecule has 108 valence electrons. The first-order chi connectivity index (χ1) is 10.3. The van der Waals surface area contributed by atoms with Gasteiger partial charge in [0.15, 0.2) is 0 Å². The van der Waals surface area contributed by atoms with E-state index in [0.717, 1.165) is 5.92 Å². The summed E-state index contributed by atoms with van der Waals surface area (Å²) in [4.78, 5) is 15.7. The van der Waals surface area contributed by atoms with Crippen molar-refractivity contribution >= 4 is 11.7 Å². The SMILES string of the molecule is COC(=O)c1ccncc1NCc1ccc(C2CC2)cc1. The van der Waals surface area contributed by atoms with E-state index in [-0.39, 0.29) is 5.97 Å². The highest BCUT2D eigenvalue weighted by Gasteiger charge is 2.22. The van der Waals surface area contributed by atoms with Gasteiger partial charge in [-0.3, -0.25) is 4.98 Å². The summed E-state index contributed by atoms with van der Waals surface area (Å²) in [5.74, 6) is 0.417. The maximum atomic E-state index is 11.7. The third-order valence-corrected chi connectivity index (χ3v) is 3.74. The van der Waals surface area contributed by atoms with E-state index < -0.39 is 0 Å². The minimum atomic E-state index is -0.357. The number of hydrogen-bond acceptors (Lipinski definition) is 4. The molecular formula is C17H18N2O2. The minimum Gasteiger partial charge on any atom is -0.465 e. The first kappa shape index (κ1) is 13.6. The summed E-state index contributed by atoms with van der Waals surface area (Å²) in [5.41, 5.74) is 3.80. The summed E-state index contributed by atoms with van der Waals surface area (Å²) in [5, 5.41) is 3.25. The molecule has 1 aliphatic carbocycles. The van der Waals surface area contributed by atoms with Gasteiger partial charge in [0.1, 0.15) is 0 Å². The first-order valence-electron chi connectivity index (χ1n) is 7.13. The summed E-state index contributed by atoms with van der Waals surface area (Å²) in [7, 11) is 1.38. The maximum Gasteiger partial charge on any atom is 0.340 e. The van der Waals surface area contributed by atoms with Crippen molar-refractivity contribution in [2.45, 2.75) is 25.3 Å². The molecule has 1 aliphatic rings. The summed E-state index contributed by atoms with van der Waals surface area (Å²) in [6.07, 6.45) is 5.86. The van der Waals surface area contributed by atoms with E-state index in [1.165, 1.54) is 31.1 Å². The van der Waals surface area contributed by atoms with Crippen molar-refractivity contribution in [1.29, 1.82) is 0 Å². The van der Waals surface area contributed by atoms with E-state index >= 15 is 0 Å². The van der Waals surface area contributed by atoms with Crippen molar-refractivity contribution in [3.63, 3.8) is 0 Å². The van der Waals surface area contributed by atoms with Crippen LogP contribution in [0.2, 0.25) is 0 Å². The topological polar surface area (TPSA) is 51.2 Å². The molecule has 3 rings (SSSR count). The average molecular weight is 282 g/mol. The van der Waals surface area contributed by atoms with Crippen molar-refractivity contribution in [2.24, 2.45) is 0 Å².